The summed E-state index contributed by atoms with van der Waals surface area (Å²) in [5, 5.41) is 3.37. The van der Waals surface area contributed by atoms with Crippen molar-refractivity contribution in [3.63, 3.8) is 0 Å². The number of carbonyl (C=O) groups excluding carboxylic acids is 1. The summed E-state index contributed by atoms with van der Waals surface area (Å²) in [7, 11) is 0. The van der Waals surface area contributed by atoms with Crippen molar-refractivity contribution in [3.05, 3.63) is 46.0 Å². The highest BCUT2D eigenvalue weighted by atomic mass is 16.5. The van der Waals surface area contributed by atoms with Crippen LogP contribution in [0.25, 0.3) is 0 Å². The molecule has 1 aliphatic heterocycles. The number of amides is 2. The van der Waals surface area contributed by atoms with E-state index >= 15 is 0 Å². The number of ether oxygens (including phenoxy) is 1. The molecule has 6 rings (SSSR count). The van der Waals surface area contributed by atoms with Gasteiger partial charge in [-0.25, -0.2) is 9.59 Å². The first-order chi connectivity index (χ1) is 16.9. The van der Waals surface area contributed by atoms with Crippen LogP contribution < -0.4 is 10.9 Å². The Balaban J connectivity index is 1.15. The van der Waals surface area contributed by atoms with E-state index in [1.54, 1.807) is 17.9 Å². The van der Waals surface area contributed by atoms with E-state index in [1.165, 1.54) is 37.7 Å². The van der Waals surface area contributed by atoms with Crippen molar-refractivity contribution in [3.8, 4) is 0 Å². The second kappa shape index (κ2) is 8.79. The SMILES string of the molecule is C[C@]12CC[C@H](NC(=O)N3CCOCC3)C[C@H]1CC[C@H]1C3=CC[C@H](c4ccc(=O)oc4)[C@@]3(C)CC[C@@H]12. The molecule has 7 atom stereocenters. The molecule has 2 amide bonds. The minimum atomic E-state index is -0.267. The van der Waals surface area contributed by atoms with Gasteiger partial charge in [0.15, 0.2) is 0 Å². The Morgan fingerprint density at radius 1 is 1.09 bits per heavy atom. The number of allylic oxidation sites excluding steroid dienone is 2. The zero-order valence-electron chi connectivity index (χ0n) is 21.3. The predicted molar refractivity (Wildman–Crippen MR) is 134 cm³/mol. The van der Waals surface area contributed by atoms with Crippen LogP contribution in [0.15, 0.2) is 39.3 Å². The largest absolute Gasteiger partial charge is 0.431 e. The van der Waals surface area contributed by atoms with E-state index in [9.17, 15) is 9.59 Å². The Morgan fingerprint density at radius 2 is 1.91 bits per heavy atom. The standard InChI is InChI=1S/C29H40N2O4/c1-28-11-9-21(30-27(33)31-13-15-34-16-14-31)17-20(28)4-5-22-24-7-6-23(19-3-8-26(32)35-18-19)29(24,2)12-10-25(22)28/h3,7-8,18,20-23,25H,4-6,9-17H2,1-2H3,(H,30,33)/t20-,21+,22+,23-,25+,28+,29-/m1/s1. The first-order valence-electron chi connectivity index (χ1n) is 13.8. The zero-order chi connectivity index (χ0) is 24.2. The molecule has 1 N–H and O–H groups in total. The molecule has 0 aromatic carbocycles. The van der Waals surface area contributed by atoms with Crippen LogP contribution in [0.3, 0.4) is 0 Å². The summed E-state index contributed by atoms with van der Waals surface area (Å²) in [6.07, 6.45) is 13.8. The molecule has 2 heterocycles. The van der Waals surface area contributed by atoms with Gasteiger partial charge in [-0.05, 0) is 97.5 Å². The van der Waals surface area contributed by atoms with Gasteiger partial charge in [0.2, 0.25) is 0 Å². The number of rotatable bonds is 2. The molecule has 0 bridgehead atoms. The van der Waals surface area contributed by atoms with E-state index in [0.717, 1.165) is 25.2 Å². The maximum atomic E-state index is 12.8. The molecule has 0 spiro atoms. The second-order valence-electron chi connectivity index (χ2n) is 12.3. The fourth-order valence-electron chi connectivity index (χ4n) is 8.82. The quantitative estimate of drug-likeness (QED) is 0.598. The monoisotopic (exact) mass is 480 g/mol. The molecule has 4 fully saturated rings. The maximum absolute atomic E-state index is 12.8. The maximum Gasteiger partial charge on any atom is 0.335 e. The average Bonchev–Trinajstić information content (AvgIpc) is 3.22. The number of nitrogens with zero attached hydrogens (tertiary/aromatic N) is 1. The summed E-state index contributed by atoms with van der Waals surface area (Å²) >= 11 is 0. The van der Waals surface area contributed by atoms with E-state index in [2.05, 4.69) is 25.2 Å². The minimum Gasteiger partial charge on any atom is -0.431 e. The molecule has 6 nitrogen and oxygen atoms in total. The molecule has 0 radical (unpaired) electrons. The lowest BCUT2D eigenvalue weighted by atomic mass is 9.45. The molecule has 1 aromatic heterocycles. The third-order valence-electron chi connectivity index (χ3n) is 10.8. The van der Waals surface area contributed by atoms with Gasteiger partial charge >= 0.3 is 11.7 Å². The molecule has 190 valence electrons. The van der Waals surface area contributed by atoms with Crippen LogP contribution in [-0.2, 0) is 4.74 Å². The normalized spacial score (nSPS) is 40.8. The van der Waals surface area contributed by atoms with Crippen LogP contribution >= 0.6 is 0 Å². The van der Waals surface area contributed by atoms with Crippen molar-refractivity contribution < 1.29 is 13.9 Å². The highest BCUT2D eigenvalue weighted by Crippen LogP contribution is 2.67. The molecule has 0 unspecified atom stereocenters. The molecule has 6 heteroatoms. The van der Waals surface area contributed by atoms with Crippen molar-refractivity contribution in [1.29, 1.82) is 0 Å². The number of fused-ring (bicyclic) bond motifs is 5. The Kier molecular flexibility index (Phi) is 5.86. The third-order valence-corrected chi connectivity index (χ3v) is 10.8. The van der Waals surface area contributed by atoms with Crippen LogP contribution in [0, 0.1) is 28.6 Å². The van der Waals surface area contributed by atoms with E-state index in [0.29, 0.717) is 55.5 Å². The van der Waals surface area contributed by atoms with Gasteiger partial charge in [-0.15, -0.1) is 0 Å². The van der Waals surface area contributed by atoms with E-state index in [4.69, 9.17) is 9.15 Å². The number of urea groups is 1. The van der Waals surface area contributed by atoms with Gasteiger partial charge in [0, 0.05) is 25.2 Å². The van der Waals surface area contributed by atoms with Crippen LogP contribution in [0.5, 0.6) is 0 Å². The van der Waals surface area contributed by atoms with Crippen molar-refractivity contribution in [2.24, 2.45) is 28.6 Å². The highest BCUT2D eigenvalue weighted by molar-refractivity contribution is 5.74. The topological polar surface area (TPSA) is 71.8 Å². The van der Waals surface area contributed by atoms with Gasteiger partial charge in [0.1, 0.15) is 0 Å². The second-order valence-corrected chi connectivity index (χ2v) is 12.3. The smallest absolute Gasteiger partial charge is 0.335 e. The van der Waals surface area contributed by atoms with Crippen molar-refractivity contribution in [2.75, 3.05) is 26.3 Å². The predicted octanol–water partition coefficient (Wildman–Crippen LogP) is 5.10. The zero-order valence-corrected chi connectivity index (χ0v) is 21.3. The number of nitrogens with one attached hydrogen (secondary N) is 1. The molecule has 1 aromatic rings. The molecule has 5 aliphatic rings. The molecule has 4 aliphatic carbocycles. The van der Waals surface area contributed by atoms with Gasteiger partial charge in [0.25, 0.3) is 0 Å². The number of hydrogen-bond acceptors (Lipinski definition) is 4. The fraction of sp³-hybridized carbons (Fsp3) is 0.724. The summed E-state index contributed by atoms with van der Waals surface area (Å²) in [4.78, 5) is 26.2. The summed E-state index contributed by atoms with van der Waals surface area (Å²) in [5.41, 5.74) is 3.13. The number of hydrogen-bond donors (Lipinski definition) is 1. The Labute approximate surface area is 208 Å². The average molecular weight is 481 g/mol. The summed E-state index contributed by atoms with van der Waals surface area (Å²) in [5.74, 6) is 2.52. The summed E-state index contributed by atoms with van der Waals surface area (Å²) in [6, 6.07) is 3.96. The van der Waals surface area contributed by atoms with Crippen LogP contribution in [0.1, 0.15) is 76.7 Å². The van der Waals surface area contributed by atoms with Crippen molar-refractivity contribution >= 4 is 6.03 Å². The van der Waals surface area contributed by atoms with Gasteiger partial charge in [-0.1, -0.05) is 25.5 Å². The fourth-order valence-corrected chi connectivity index (χ4v) is 8.82. The van der Waals surface area contributed by atoms with Crippen LogP contribution in [0.2, 0.25) is 0 Å². The van der Waals surface area contributed by atoms with E-state index < -0.39 is 0 Å². The lowest BCUT2D eigenvalue weighted by molar-refractivity contribution is -0.0590. The van der Waals surface area contributed by atoms with Gasteiger partial charge in [0.05, 0.1) is 19.5 Å². The highest BCUT2D eigenvalue weighted by Gasteiger charge is 2.57. The third kappa shape index (κ3) is 3.87. The summed E-state index contributed by atoms with van der Waals surface area (Å²) in [6.45, 7) is 7.73. The Bertz CT molecular complexity index is 1040. The summed E-state index contributed by atoms with van der Waals surface area (Å²) < 4.78 is 10.7. The first kappa shape index (κ1) is 23.3. The Morgan fingerprint density at radius 3 is 2.69 bits per heavy atom. The molecular formula is C29H40N2O4. The number of morpholine rings is 1. The van der Waals surface area contributed by atoms with Gasteiger partial charge in [-0.3, -0.25) is 0 Å². The number of carbonyl (C=O) groups is 1. The molecule has 35 heavy (non-hydrogen) atoms. The van der Waals surface area contributed by atoms with Gasteiger partial charge in [-0.2, -0.15) is 0 Å². The van der Waals surface area contributed by atoms with E-state index in [1.807, 2.05) is 11.0 Å². The molecule has 3 saturated carbocycles. The Hall–Kier alpha value is -2.08. The lowest BCUT2D eigenvalue weighted by Gasteiger charge is -2.60. The van der Waals surface area contributed by atoms with Crippen molar-refractivity contribution in [2.45, 2.75) is 77.2 Å². The molecular weight excluding hydrogens is 440 g/mol. The van der Waals surface area contributed by atoms with Crippen LogP contribution in [-0.4, -0.2) is 43.3 Å². The molecule has 1 saturated heterocycles. The lowest BCUT2D eigenvalue weighted by Crippen LogP contribution is -2.55. The van der Waals surface area contributed by atoms with E-state index in [-0.39, 0.29) is 17.1 Å². The van der Waals surface area contributed by atoms with Crippen LogP contribution in [0.4, 0.5) is 4.79 Å². The van der Waals surface area contributed by atoms with Gasteiger partial charge < -0.3 is 19.4 Å². The van der Waals surface area contributed by atoms with Crippen molar-refractivity contribution in [1.82, 2.24) is 10.2 Å². The minimum absolute atomic E-state index is 0.0999. The first-order valence-corrected chi connectivity index (χ1v) is 13.8.